The van der Waals surface area contributed by atoms with Crippen molar-refractivity contribution in [1.82, 2.24) is 5.32 Å². The Kier molecular flexibility index (Phi) is 3.27. The van der Waals surface area contributed by atoms with Gasteiger partial charge in [0.2, 0.25) is 0 Å². The first-order valence-electron chi connectivity index (χ1n) is 7.12. The zero-order chi connectivity index (χ0) is 13.4. The maximum atomic E-state index is 10.9. The second-order valence-electron chi connectivity index (χ2n) is 5.96. The maximum absolute atomic E-state index is 10.9. The first kappa shape index (κ1) is 12.6. The summed E-state index contributed by atoms with van der Waals surface area (Å²) in [7, 11) is 0. The minimum absolute atomic E-state index is 0.230. The normalized spacial score (nSPS) is 18.8. The Bertz CT molecular complexity index is 481. The van der Waals surface area contributed by atoms with Crippen LogP contribution in [0.5, 0.6) is 0 Å². The molecule has 0 atom stereocenters. The number of nitrogens with zero attached hydrogens (tertiary/aromatic N) is 1. The van der Waals surface area contributed by atoms with Crippen LogP contribution in [-0.4, -0.2) is 11.0 Å². The number of nitrogens with one attached hydrogen (secondary N) is 1. The van der Waals surface area contributed by atoms with E-state index >= 15 is 0 Å². The maximum Gasteiger partial charge on any atom is 0.272 e. The molecule has 2 aliphatic rings. The monoisotopic (exact) mass is 260 g/mol. The highest BCUT2D eigenvalue weighted by atomic mass is 16.6. The lowest BCUT2D eigenvalue weighted by atomic mass is 10.1. The standard InChI is InChI=1S/C15H20N2O2/c1-10-2-3-11(8-14(10)17(18)19)9-16-15(12-4-5-12)13-6-7-13/h2-3,8,12-13,15-16H,4-7,9H2,1H3. The van der Waals surface area contributed by atoms with E-state index in [2.05, 4.69) is 5.32 Å². The molecule has 0 spiro atoms. The van der Waals surface area contributed by atoms with Crippen LogP contribution in [0.3, 0.4) is 0 Å². The van der Waals surface area contributed by atoms with Crippen LogP contribution in [0.15, 0.2) is 18.2 Å². The summed E-state index contributed by atoms with van der Waals surface area (Å²) < 4.78 is 0. The Morgan fingerprint density at radius 3 is 2.47 bits per heavy atom. The smallest absolute Gasteiger partial charge is 0.272 e. The second-order valence-corrected chi connectivity index (χ2v) is 5.96. The molecule has 102 valence electrons. The van der Waals surface area contributed by atoms with E-state index in [9.17, 15) is 10.1 Å². The van der Waals surface area contributed by atoms with Crippen molar-refractivity contribution in [2.24, 2.45) is 11.8 Å². The van der Waals surface area contributed by atoms with Crippen molar-refractivity contribution >= 4 is 5.69 Å². The molecule has 0 aliphatic heterocycles. The van der Waals surface area contributed by atoms with E-state index in [0.717, 1.165) is 29.5 Å². The molecule has 2 aliphatic carbocycles. The first-order valence-corrected chi connectivity index (χ1v) is 7.12. The van der Waals surface area contributed by atoms with Gasteiger partial charge in [0.25, 0.3) is 5.69 Å². The molecule has 0 heterocycles. The summed E-state index contributed by atoms with van der Waals surface area (Å²) in [4.78, 5) is 10.6. The molecule has 4 heteroatoms. The van der Waals surface area contributed by atoms with E-state index in [1.54, 1.807) is 13.0 Å². The largest absolute Gasteiger partial charge is 0.309 e. The van der Waals surface area contributed by atoms with Gasteiger partial charge in [0.1, 0.15) is 0 Å². The van der Waals surface area contributed by atoms with E-state index < -0.39 is 0 Å². The number of nitro groups is 1. The molecule has 0 aromatic heterocycles. The molecule has 0 radical (unpaired) electrons. The third-order valence-electron chi connectivity index (χ3n) is 4.27. The van der Waals surface area contributed by atoms with Gasteiger partial charge in [0.05, 0.1) is 4.92 Å². The van der Waals surface area contributed by atoms with Crippen molar-refractivity contribution in [3.05, 3.63) is 39.4 Å². The lowest BCUT2D eigenvalue weighted by Crippen LogP contribution is -2.32. The molecular formula is C15H20N2O2. The first-order chi connectivity index (χ1) is 9.15. The van der Waals surface area contributed by atoms with Crippen molar-refractivity contribution in [1.29, 1.82) is 0 Å². The average Bonchev–Trinajstić information content (AvgIpc) is 3.25. The average molecular weight is 260 g/mol. The molecule has 3 rings (SSSR count). The SMILES string of the molecule is Cc1ccc(CNC(C2CC2)C2CC2)cc1[N+](=O)[O-]. The molecule has 19 heavy (non-hydrogen) atoms. The van der Waals surface area contributed by atoms with Gasteiger partial charge in [-0.3, -0.25) is 10.1 Å². The fraction of sp³-hybridized carbons (Fsp3) is 0.600. The summed E-state index contributed by atoms with van der Waals surface area (Å²) in [6, 6.07) is 6.18. The molecule has 0 bridgehead atoms. The minimum Gasteiger partial charge on any atom is -0.309 e. The highest BCUT2D eigenvalue weighted by Gasteiger charge is 2.40. The fourth-order valence-corrected chi connectivity index (χ4v) is 2.83. The fourth-order valence-electron chi connectivity index (χ4n) is 2.83. The van der Waals surface area contributed by atoms with Crippen LogP contribution in [-0.2, 0) is 6.54 Å². The van der Waals surface area contributed by atoms with Crippen LogP contribution in [0.1, 0.15) is 36.8 Å². The van der Waals surface area contributed by atoms with Gasteiger partial charge in [-0.25, -0.2) is 0 Å². The van der Waals surface area contributed by atoms with Crippen LogP contribution in [0.2, 0.25) is 0 Å². The highest BCUT2D eigenvalue weighted by molar-refractivity contribution is 5.42. The number of rotatable bonds is 6. The van der Waals surface area contributed by atoms with Gasteiger partial charge >= 0.3 is 0 Å². The van der Waals surface area contributed by atoms with Gasteiger partial charge in [-0.2, -0.15) is 0 Å². The molecule has 1 aromatic carbocycles. The number of benzene rings is 1. The third-order valence-corrected chi connectivity index (χ3v) is 4.27. The highest BCUT2D eigenvalue weighted by Crippen LogP contribution is 2.44. The summed E-state index contributed by atoms with van der Waals surface area (Å²) in [6.07, 6.45) is 5.40. The quantitative estimate of drug-likeness (QED) is 0.631. The number of hydrogen-bond acceptors (Lipinski definition) is 3. The van der Waals surface area contributed by atoms with Gasteiger partial charge in [-0.05, 0) is 50.0 Å². The van der Waals surface area contributed by atoms with Crippen LogP contribution in [0.4, 0.5) is 5.69 Å². The second kappa shape index (κ2) is 4.93. The van der Waals surface area contributed by atoms with Crippen molar-refractivity contribution in [3.63, 3.8) is 0 Å². The Balaban J connectivity index is 1.65. The Hall–Kier alpha value is -1.42. The van der Waals surface area contributed by atoms with Gasteiger partial charge in [-0.1, -0.05) is 12.1 Å². The molecule has 2 fully saturated rings. The zero-order valence-electron chi connectivity index (χ0n) is 11.3. The number of aryl methyl sites for hydroxylation is 1. The van der Waals surface area contributed by atoms with Gasteiger partial charge in [0, 0.05) is 24.2 Å². The predicted octanol–water partition coefficient (Wildman–Crippen LogP) is 3.18. The predicted molar refractivity (Wildman–Crippen MR) is 73.9 cm³/mol. The summed E-state index contributed by atoms with van der Waals surface area (Å²) in [5.41, 5.74) is 1.98. The van der Waals surface area contributed by atoms with Crippen molar-refractivity contribution in [2.75, 3.05) is 0 Å². The van der Waals surface area contributed by atoms with Crippen molar-refractivity contribution < 1.29 is 4.92 Å². The van der Waals surface area contributed by atoms with Crippen LogP contribution in [0.25, 0.3) is 0 Å². The van der Waals surface area contributed by atoms with Crippen LogP contribution >= 0.6 is 0 Å². The van der Waals surface area contributed by atoms with Gasteiger partial charge in [-0.15, -0.1) is 0 Å². The number of hydrogen-bond donors (Lipinski definition) is 1. The molecule has 0 saturated heterocycles. The molecule has 0 amide bonds. The summed E-state index contributed by atoms with van der Waals surface area (Å²) in [5.74, 6) is 1.71. The number of nitro benzene ring substituents is 1. The van der Waals surface area contributed by atoms with E-state index in [4.69, 9.17) is 0 Å². The summed E-state index contributed by atoms with van der Waals surface area (Å²) >= 11 is 0. The Morgan fingerprint density at radius 1 is 1.32 bits per heavy atom. The third kappa shape index (κ3) is 2.95. The van der Waals surface area contributed by atoms with Crippen molar-refractivity contribution in [2.45, 2.75) is 45.2 Å². The Morgan fingerprint density at radius 2 is 1.95 bits per heavy atom. The van der Waals surface area contributed by atoms with E-state index in [0.29, 0.717) is 6.04 Å². The lowest BCUT2D eigenvalue weighted by Gasteiger charge is -2.17. The molecule has 0 unspecified atom stereocenters. The van der Waals surface area contributed by atoms with Crippen molar-refractivity contribution in [3.8, 4) is 0 Å². The van der Waals surface area contributed by atoms with E-state index in [1.165, 1.54) is 25.7 Å². The lowest BCUT2D eigenvalue weighted by molar-refractivity contribution is -0.385. The topological polar surface area (TPSA) is 55.2 Å². The summed E-state index contributed by atoms with van der Waals surface area (Å²) in [6.45, 7) is 2.53. The van der Waals surface area contributed by atoms with Gasteiger partial charge in [0.15, 0.2) is 0 Å². The summed E-state index contributed by atoms with van der Waals surface area (Å²) in [5, 5.41) is 14.6. The molecular weight excluding hydrogens is 240 g/mol. The van der Waals surface area contributed by atoms with E-state index in [-0.39, 0.29) is 10.6 Å². The van der Waals surface area contributed by atoms with Crippen LogP contribution in [0, 0.1) is 28.9 Å². The molecule has 2 saturated carbocycles. The minimum atomic E-state index is -0.294. The van der Waals surface area contributed by atoms with Gasteiger partial charge < -0.3 is 5.32 Å². The van der Waals surface area contributed by atoms with E-state index in [1.807, 2.05) is 12.1 Å². The molecule has 1 aromatic rings. The Labute approximate surface area is 113 Å². The molecule has 1 N–H and O–H groups in total. The zero-order valence-corrected chi connectivity index (χ0v) is 11.3. The molecule has 4 nitrogen and oxygen atoms in total. The van der Waals surface area contributed by atoms with Crippen LogP contribution < -0.4 is 5.32 Å².